The van der Waals surface area contributed by atoms with E-state index in [4.69, 9.17) is 17.0 Å². The number of imidazole rings is 1. The molecule has 0 radical (unpaired) electrons. The molecule has 96 valence electrons. The molecular formula is C14H13N3OS. The third kappa shape index (κ3) is 2.13. The number of fused-ring (bicyclic) bond motifs is 1. The molecule has 0 fully saturated rings. The summed E-state index contributed by atoms with van der Waals surface area (Å²) in [6, 6.07) is 11.8. The highest BCUT2D eigenvalue weighted by atomic mass is 32.1. The number of para-hydroxylation sites is 1. The zero-order valence-corrected chi connectivity index (χ0v) is 11.3. The van der Waals surface area contributed by atoms with Crippen molar-refractivity contribution in [2.75, 3.05) is 7.11 Å². The first-order chi connectivity index (χ1) is 9.29. The number of aromatic nitrogens is 3. The normalized spacial score (nSPS) is 10.8. The molecule has 4 nitrogen and oxygen atoms in total. The summed E-state index contributed by atoms with van der Waals surface area (Å²) < 4.78 is 8.01. The number of aromatic amines is 1. The molecule has 0 aliphatic rings. The van der Waals surface area contributed by atoms with Gasteiger partial charge in [-0.15, -0.1) is 0 Å². The van der Waals surface area contributed by atoms with Gasteiger partial charge in [-0.1, -0.05) is 18.2 Å². The molecular weight excluding hydrogens is 258 g/mol. The lowest BCUT2D eigenvalue weighted by Crippen LogP contribution is -2.02. The van der Waals surface area contributed by atoms with E-state index in [2.05, 4.69) is 9.97 Å². The van der Waals surface area contributed by atoms with Crippen LogP contribution in [0.3, 0.4) is 0 Å². The molecule has 1 N–H and O–H groups in total. The van der Waals surface area contributed by atoms with E-state index in [1.54, 1.807) is 13.3 Å². The van der Waals surface area contributed by atoms with Gasteiger partial charge in [0.2, 0.25) is 0 Å². The standard InChI is InChI=1S/C14H13N3OS/c1-18-12-7-3-2-5-10(12)9-17-13-11(16-14(17)19)6-4-8-15-13/h2-8H,9H2,1H3,(H,16,19). The number of hydrogen-bond acceptors (Lipinski definition) is 3. The van der Waals surface area contributed by atoms with Crippen molar-refractivity contribution in [2.45, 2.75) is 6.54 Å². The summed E-state index contributed by atoms with van der Waals surface area (Å²) in [7, 11) is 1.67. The fourth-order valence-electron chi connectivity index (χ4n) is 2.14. The van der Waals surface area contributed by atoms with Crippen LogP contribution in [0.4, 0.5) is 0 Å². The third-order valence-electron chi connectivity index (χ3n) is 3.05. The van der Waals surface area contributed by atoms with Gasteiger partial charge < -0.3 is 9.72 Å². The van der Waals surface area contributed by atoms with Crippen LogP contribution < -0.4 is 4.74 Å². The minimum Gasteiger partial charge on any atom is -0.496 e. The van der Waals surface area contributed by atoms with Gasteiger partial charge in [0, 0.05) is 11.8 Å². The Kier molecular flexibility index (Phi) is 3.05. The molecule has 2 heterocycles. The molecule has 0 aliphatic heterocycles. The van der Waals surface area contributed by atoms with Crippen LogP contribution >= 0.6 is 12.2 Å². The number of nitrogens with zero attached hydrogens (tertiary/aromatic N) is 2. The van der Waals surface area contributed by atoms with Gasteiger partial charge in [0.15, 0.2) is 10.4 Å². The number of benzene rings is 1. The Morgan fingerprint density at radius 1 is 1.26 bits per heavy atom. The van der Waals surface area contributed by atoms with Crippen LogP contribution in [0, 0.1) is 4.77 Å². The monoisotopic (exact) mass is 271 g/mol. The van der Waals surface area contributed by atoms with Gasteiger partial charge in [-0.25, -0.2) is 4.98 Å². The van der Waals surface area contributed by atoms with Crippen LogP contribution in [0.2, 0.25) is 0 Å². The smallest absolute Gasteiger partial charge is 0.179 e. The van der Waals surface area contributed by atoms with Crippen LogP contribution in [0.15, 0.2) is 42.6 Å². The van der Waals surface area contributed by atoms with Crippen molar-refractivity contribution < 1.29 is 4.74 Å². The Labute approximate surface area is 115 Å². The number of nitrogens with one attached hydrogen (secondary N) is 1. The molecule has 0 atom stereocenters. The zero-order valence-electron chi connectivity index (χ0n) is 10.5. The number of methoxy groups -OCH3 is 1. The third-order valence-corrected chi connectivity index (χ3v) is 3.37. The van der Waals surface area contributed by atoms with Gasteiger partial charge >= 0.3 is 0 Å². The molecule has 0 unspecified atom stereocenters. The lowest BCUT2D eigenvalue weighted by atomic mass is 10.2. The Balaban J connectivity index is 2.11. The molecule has 1 aromatic carbocycles. The Hall–Kier alpha value is -2.14. The first kappa shape index (κ1) is 11.9. The van der Waals surface area contributed by atoms with E-state index >= 15 is 0 Å². The minimum absolute atomic E-state index is 0.639. The SMILES string of the molecule is COc1ccccc1Cn1c(=S)[nH]c2cccnc21. The van der Waals surface area contributed by atoms with Crippen molar-refractivity contribution in [3.8, 4) is 5.75 Å². The highest BCUT2D eigenvalue weighted by Gasteiger charge is 2.08. The average Bonchev–Trinajstić information content (AvgIpc) is 2.76. The van der Waals surface area contributed by atoms with E-state index in [-0.39, 0.29) is 0 Å². The van der Waals surface area contributed by atoms with Gasteiger partial charge in [-0.2, -0.15) is 0 Å². The highest BCUT2D eigenvalue weighted by molar-refractivity contribution is 7.71. The molecule has 0 amide bonds. The summed E-state index contributed by atoms with van der Waals surface area (Å²) in [5.74, 6) is 0.856. The van der Waals surface area contributed by atoms with Crippen LogP contribution in [0.5, 0.6) is 5.75 Å². The van der Waals surface area contributed by atoms with E-state index in [1.165, 1.54) is 0 Å². The summed E-state index contributed by atoms with van der Waals surface area (Å²) in [6.07, 6.45) is 1.77. The number of rotatable bonds is 3. The number of H-pyrrole nitrogens is 1. The second kappa shape index (κ2) is 4.85. The largest absolute Gasteiger partial charge is 0.496 e. The van der Waals surface area contributed by atoms with Crippen LogP contribution in [-0.4, -0.2) is 21.6 Å². The second-order valence-electron chi connectivity index (χ2n) is 4.20. The molecule has 0 bridgehead atoms. The van der Waals surface area contributed by atoms with E-state index in [0.29, 0.717) is 11.3 Å². The van der Waals surface area contributed by atoms with Crippen molar-refractivity contribution in [1.29, 1.82) is 0 Å². The van der Waals surface area contributed by atoms with E-state index in [0.717, 1.165) is 22.5 Å². The topological polar surface area (TPSA) is 42.8 Å². The zero-order chi connectivity index (χ0) is 13.2. The number of hydrogen-bond donors (Lipinski definition) is 1. The molecule has 0 aliphatic carbocycles. The fraction of sp³-hybridized carbons (Fsp3) is 0.143. The first-order valence-electron chi connectivity index (χ1n) is 5.95. The van der Waals surface area contributed by atoms with Crippen LogP contribution in [0.1, 0.15) is 5.56 Å². The maximum absolute atomic E-state index is 5.37. The van der Waals surface area contributed by atoms with Crippen LogP contribution in [-0.2, 0) is 6.54 Å². The van der Waals surface area contributed by atoms with Crippen molar-refractivity contribution >= 4 is 23.4 Å². The summed E-state index contributed by atoms with van der Waals surface area (Å²) in [4.78, 5) is 7.54. The predicted octanol–water partition coefficient (Wildman–Crippen LogP) is 3.15. The molecule has 2 aromatic heterocycles. The molecule has 19 heavy (non-hydrogen) atoms. The molecule has 0 spiro atoms. The van der Waals surface area contributed by atoms with Crippen molar-refractivity contribution in [2.24, 2.45) is 0 Å². The predicted molar refractivity (Wildman–Crippen MR) is 77.0 cm³/mol. The summed E-state index contributed by atoms with van der Waals surface area (Å²) >= 11 is 5.36. The summed E-state index contributed by atoms with van der Waals surface area (Å²) in [5, 5.41) is 0. The van der Waals surface area contributed by atoms with Crippen LogP contribution in [0.25, 0.3) is 11.2 Å². The summed E-state index contributed by atoms with van der Waals surface area (Å²) in [6.45, 7) is 0.639. The van der Waals surface area contributed by atoms with Crippen molar-refractivity contribution in [1.82, 2.24) is 14.5 Å². The maximum atomic E-state index is 5.37. The average molecular weight is 271 g/mol. The minimum atomic E-state index is 0.639. The van der Waals surface area contributed by atoms with E-state index < -0.39 is 0 Å². The highest BCUT2D eigenvalue weighted by Crippen LogP contribution is 2.20. The summed E-state index contributed by atoms with van der Waals surface area (Å²) in [5.41, 5.74) is 2.88. The lowest BCUT2D eigenvalue weighted by Gasteiger charge is -2.09. The van der Waals surface area contributed by atoms with Gasteiger partial charge in [0.1, 0.15) is 5.75 Å². The Bertz CT molecular complexity index is 775. The maximum Gasteiger partial charge on any atom is 0.179 e. The molecule has 3 rings (SSSR count). The van der Waals surface area contributed by atoms with E-state index in [1.807, 2.05) is 41.0 Å². The lowest BCUT2D eigenvalue weighted by molar-refractivity contribution is 0.408. The Morgan fingerprint density at radius 2 is 2.11 bits per heavy atom. The number of ether oxygens (including phenoxy) is 1. The van der Waals surface area contributed by atoms with Gasteiger partial charge in [0.05, 0.1) is 19.2 Å². The van der Waals surface area contributed by atoms with Crippen molar-refractivity contribution in [3.63, 3.8) is 0 Å². The fourth-order valence-corrected chi connectivity index (χ4v) is 2.40. The van der Waals surface area contributed by atoms with Gasteiger partial charge in [-0.05, 0) is 30.4 Å². The first-order valence-corrected chi connectivity index (χ1v) is 6.36. The molecule has 0 saturated heterocycles. The van der Waals surface area contributed by atoms with Gasteiger partial charge in [0.25, 0.3) is 0 Å². The molecule has 5 heteroatoms. The Morgan fingerprint density at radius 3 is 2.95 bits per heavy atom. The van der Waals surface area contributed by atoms with E-state index in [9.17, 15) is 0 Å². The quantitative estimate of drug-likeness (QED) is 0.744. The van der Waals surface area contributed by atoms with Crippen molar-refractivity contribution in [3.05, 3.63) is 52.9 Å². The molecule has 0 saturated carbocycles. The number of pyridine rings is 1. The second-order valence-corrected chi connectivity index (χ2v) is 4.59. The molecule has 3 aromatic rings. The van der Waals surface area contributed by atoms with Gasteiger partial charge in [-0.3, -0.25) is 4.57 Å².